The molecular weight excluding hydrogens is 174 g/mol. The molecule has 0 aromatic carbocycles. The number of carboxylic acids is 1. The van der Waals surface area contributed by atoms with Crippen LogP contribution in [0.15, 0.2) is 0 Å². The summed E-state index contributed by atoms with van der Waals surface area (Å²) in [6, 6.07) is 0. The molecule has 0 aliphatic heterocycles. The Morgan fingerprint density at radius 1 is 1.38 bits per heavy atom. The normalized spacial score (nSPS) is 12.6. The van der Waals surface area contributed by atoms with Gasteiger partial charge in [0.25, 0.3) is 0 Å². The zero-order chi connectivity index (χ0) is 10.4. The lowest BCUT2D eigenvalue weighted by atomic mass is 10.2. The van der Waals surface area contributed by atoms with Gasteiger partial charge in [0, 0.05) is 12.5 Å². The zero-order valence-electron chi connectivity index (χ0n) is 7.78. The molecule has 13 heavy (non-hydrogen) atoms. The van der Waals surface area contributed by atoms with Gasteiger partial charge in [-0.2, -0.15) is 0 Å². The van der Waals surface area contributed by atoms with Gasteiger partial charge in [-0.05, 0) is 0 Å². The Hall–Kier alpha value is -1.10. The first-order chi connectivity index (χ1) is 5.93. The summed E-state index contributed by atoms with van der Waals surface area (Å²) < 4.78 is 0. The fraction of sp³-hybridized carbons (Fsp3) is 0.750. The minimum Gasteiger partial charge on any atom is -0.481 e. The van der Waals surface area contributed by atoms with Crippen molar-refractivity contribution in [2.75, 3.05) is 6.54 Å². The first-order valence-electron chi connectivity index (χ1n) is 4.11. The predicted octanol–water partition coefficient (Wildman–Crippen LogP) is -0.406. The highest BCUT2D eigenvalue weighted by atomic mass is 16.4. The quantitative estimate of drug-likeness (QED) is 0.549. The number of hydrogen-bond acceptors (Lipinski definition) is 3. The number of nitrogens with one attached hydrogen (secondary N) is 1. The number of rotatable bonds is 5. The number of hydrogen-bond donors (Lipinski definition) is 3. The Bertz CT molecular complexity index is 191. The molecule has 1 atom stereocenters. The standard InChI is InChI=1S/C8H15NO4/c1-5(2)8(13)9-4-6(10)3-7(11)12/h5-6,10H,3-4H2,1-2H3,(H,9,13)(H,11,12). The highest BCUT2D eigenvalue weighted by Gasteiger charge is 2.12. The maximum atomic E-state index is 11.0. The summed E-state index contributed by atoms with van der Waals surface area (Å²) in [4.78, 5) is 21.1. The molecule has 0 aromatic heterocycles. The first kappa shape index (κ1) is 11.9. The Morgan fingerprint density at radius 2 is 1.92 bits per heavy atom. The first-order valence-corrected chi connectivity index (χ1v) is 4.11. The van der Waals surface area contributed by atoms with E-state index in [1.807, 2.05) is 0 Å². The van der Waals surface area contributed by atoms with Crippen molar-refractivity contribution in [1.82, 2.24) is 5.32 Å². The molecule has 0 spiro atoms. The molecular formula is C8H15NO4. The molecule has 0 aromatic rings. The Morgan fingerprint density at radius 3 is 2.31 bits per heavy atom. The summed E-state index contributed by atoms with van der Waals surface area (Å²) in [6.45, 7) is 3.43. The molecule has 0 aliphatic rings. The van der Waals surface area contributed by atoms with Crippen LogP contribution in [0.3, 0.4) is 0 Å². The van der Waals surface area contributed by atoms with Gasteiger partial charge in [-0.3, -0.25) is 9.59 Å². The molecule has 0 saturated carbocycles. The fourth-order valence-corrected chi connectivity index (χ4v) is 0.696. The minimum absolute atomic E-state index is 0.0106. The third-order valence-electron chi connectivity index (χ3n) is 1.45. The van der Waals surface area contributed by atoms with E-state index in [2.05, 4.69) is 5.32 Å². The number of amides is 1. The smallest absolute Gasteiger partial charge is 0.306 e. The monoisotopic (exact) mass is 189 g/mol. The lowest BCUT2D eigenvalue weighted by molar-refractivity contribution is -0.139. The van der Waals surface area contributed by atoms with Crippen molar-refractivity contribution in [2.45, 2.75) is 26.4 Å². The third-order valence-corrected chi connectivity index (χ3v) is 1.45. The van der Waals surface area contributed by atoms with E-state index < -0.39 is 12.1 Å². The largest absolute Gasteiger partial charge is 0.481 e. The molecule has 0 heterocycles. The van der Waals surface area contributed by atoms with E-state index in [9.17, 15) is 9.59 Å². The van der Waals surface area contributed by atoms with Crippen LogP contribution in [0, 0.1) is 5.92 Å². The summed E-state index contributed by atoms with van der Waals surface area (Å²) in [5.41, 5.74) is 0. The third kappa shape index (κ3) is 6.10. The Labute approximate surface area is 76.8 Å². The van der Waals surface area contributed by atoms with Crippen LogP contribution in [-0.4, -0.2) is 34.7 Å². The van der Waals surface area contributed by atoms with E-state index in [4.69, 9.17) is 10.2 Å². The molecule has 76 valence electrons. The summed E-state index contributed by atoms with van der Waals surface area (Å²) in [6.07, 6.45) is -1.36. The van der Waals surface area contributed by atoms with E-state index in [-0.39, 0.29) is 24.8 Å². The molecule has 1 amide bonds. The van der Waals surface area contributed by atoms with E-state index in [0.29, 0.717) is 0 Å². The van der Waals surface area contributed by atoms with Gasteiger partial charge in [-0.15, -0.1) is 0 Å². The van der Waals surface area contributed by atoms with Crippen molar-refractivity contribution in [3.63, 3.8) is 0 Å². The van der Waals surface area contributed by atoms with Crippen LogP contribution in [0.2, 0.25) is 0 Å². The molecule has 1 unspecified atom stereocenters. The van der Waals surface area contributed by atoms with Crippen molar-refractivity contribution in [3.8, 4) is 0 Å². The van der Waals surface area contributed by atoms with Crippen LogP contribution in [-0.2, 0) is 9.59 Å². The second-order valence-corrected chi connectivity index (χ2v) is 3.15. The predicted molar refractivity (Wildman–Crippen MR) is 46.1 cm³/mol. The zero-order valence-corrected chi connectivity index (χ0v) is 7.78. The number of aliphatic hydroxyl groups is 1. The second kappa shape index (κ2) is 5.53. The lowest BCUT2D eigenvalue weighted by Gasteiger charge is -2.10. The summed E-state index contributed by atoms with van der Waals surface area (Å²) >= 11 is 0. The molecule has 0 rings (SSSR count). The average Bonchev–Trinajstić information content (AvgIpc) is 1.98. The van der Waals surface area contributed by atoms with Crippen LogP contribution in [0.1, 0.15) is 20.3 Å². The Balaban J connectivity index is 3.63. The molecule has 5 nitrogen and oxygen atoms in total. The van der Waals surface area contributed by atoms with E-state index in [0.717, 1.165) is 0 Å². The maximum Gasteiger partial charge on any atom is 0.306 e. The van der Waals surface area contributed by atoms with Gasteiger partial charge in [0.05, 0.1) is 12.5 Å². The minimum atomic E-state index is -1.08. The highest BCUT2D eigenvalue weighted by molar-refractivity contribution is 5.77. The second-order valence-electron chi connectivity index (χ2n) is 3.15. The van der Waals surface area contributed by atoms with Crippen LogP contribution in [0.4, 0.5) is 0 Å². The van der Waals surface area contributed by atoms with Gasteiger partial charge in [0.1, 0.15) is 0 Å². The molecule has 3 N–H and O–H groups in total. The number of carbonyl (C=O) groups excluding carboxylic acids is 1. The van der Waals surface area contributed by atoms with Crippen LogP contribution < -0.4 is 5.32 Å². The van der Waals surface area contributed by atoms with Crippen molar-refractivity contribution in [1.29, 1.82) is 0 Å². The van der Waals surface area contributed by atoms with Crippen LogP contribution in [0.5, 0.6) is 0 Å². The molecule has 5 heteroatoms. The van der Waals surface area contributed by atoms with E-state index in [1.54, 1.807) is 13.8 Å². The SMILES string of the molecule is CC(C)C(=O)NCC(O)CC(=O)O. The lowest BCUT2D eigenvalue weighted by Crippen LogP contribution is -2.35. The maximum absolute atomic E-state index is 11.0. The summed E-state index contributed by atoms with van der Waals surface area (Å²) in [7, 11) is 0. The van der Waals surface area contributed by atoms with Crippen LogP contribution in [0.25, 0.3) is 0 Å². The summed E-state index contributed by atoms with van der Waals surface area (Å²) in [5, 5.41) is 19.8. The summed E-state index contributed by atoms with van der Waals surface area (Å²) in [5.74, 6) is -1.42. The van der Waals surface area contributed by atoms with Gasteiger partial charge in [0.2, 0.25) is 5.91 Å². The van der Waals surface area contributed by atoms with Gasteiger partial charge in [-0.25, -0.2) is 0 Å². The van der Waals surface area contributed by atoms with Gasteiger partial charge < -0.3 is 15.5 Å². The van der Waals surface area contributed by atoms with Crippen LogP contribution >= 0.6 is 0 Å². The molecule has 0 saturated heterocycles. The molecule has 0 aliphatic carbocycles. The molecule has 0 bridgehead atoms. The van der Waals surface area contributed by atoms with Gasteiger partial charge in [-0.1, -0.05) is 13.8 Å². The highest BCUT2D eigenvalue weighted by Crippen LogP contribution is 1.93. The van der Waals surface area contributed by atoms with Gasteiger partial charge in [0.15, 0.2) is 0 Å². The number of carboxylic acid groups (broad SMARTS) is 1. The topological polar surface area (TPSA) is 86.6 Å². The van der Waals surface area contributed by atoms with Crippen molar-refractivity contribution in [2.24, 2.45) is 5.92 Å². The average molecular weight is 189 g/mol. The molecule has 0 fully saturated rings. The number of aliphatic carboxylic acids is 1. The number of aliphatic hydroxyl groups excluding tert-OH is 1. The van der Waals surface area contributed by atoms with Crippen molar-refractivity contribution < 1.29 is 19.8 Å². The number of carbonyl (C=O) groups is 2. The van der Waals surface area contributed by atoms with E-state index in [1.165, 1.54) is 0 Å². The van der Waals surface area contributed by atoms with E-state index >= 15 is 0 Å². The molecule has 0 radical (unpaired) electrons. The Kier molecular flexibility index (Phi) is 5.06. The van der Waals surface area contributed by atoms with Crippen molar-refractivity contribution in [3.05, 3.63) is 0 Å². The van der Waals surface area contributed by atoms with Crippen molar-refractivity contribution >= 4 is 11.9 Å². The fourth-order valence-electron chi connectivity index (χ4n) is 0.696. The van der Waals surface area contributed by atoms with Gasteiger partial charge >= 0.3 is 5.97 Å².